The predicted molar refractivity (Wildman–Crippen MR) is 67.4 cm³/mol. The minimum atomic E-state index is 0.0289. The minimum Gasteiger partial charge on any atom is -0.355 e. The largest absolute Gasteiger partial charge is 0.355 e. The lowest BCUT2D eigenvalue weighted by Gasteiger charge is -2.29. The summed E-state index contributed by atoms with van der Waals surface area (Å²) >= 11 is 0. The molecule has 2 N–H and O–H groups in total. The Morgan fingerprint density at radius 3 is 2.69 bits per heavy atom. The van der Waals surface area contributed by atoms with Crippen LogP contribution in [0.5, 0.6) is 0 Å². The number of carbonyl (C=O) groups excluding carboxylic acids is 1. The number of nitrogens with one attached hydrogen (secondary N) is 2. The van der Waals surface area contributed by atoms with Gasteiger partial charge in [0, 0.05) is 12.1 Å². The van der Waals surface area contributed by atoms with E-state index in [1.165, 1.54) is 25.7 Å². The van der Waals surface area contributed by atoms with Crippen LogP contribution in [0.15, 0.2) is 0 Å². The molecule has 16 heavy (non-hydrogen) atoms. The molecule has 0 spiro atoms. The Morgan fingerprint density at radius 2 is 2.12 bits per heavy atom. The molecule has 1 aliphatic heterocycles. The first-order valence-corrected chi connectivity index (χ1v) is 6.60. The summed E-state index contributed by atoms with van der Waals surface area (Å²) in [7, 11) is 0. The Labute approximate surface area is 99.4 Å². The van der Waals surface area contributed by atoms with Gasteiger partial charge in [0.25, 0.3) is 0 Å². The van der Waals surface area contributed by atoms with E-state index >= 15 is 0 Å². The first-order chi connectivity index (χ1) is 7.55. The molecule has 3 heteroatoms. The zero-order chi connectivity index (χ0) is 12.0. The summed E-state index contributed by atoms with van der Waals surface area (Å²) in [6.45, 7) is 7.45. The molecule has 1 amide bonds. The van der Waals surface area contributed by atoms with E-state index in [1.807, 2.05) is 0 Å². The van der Waals surface area contributed by atoms with Crippen LogP contribution in [-0.2, 0) is 4.79 Å². The Bertz CT molecular complexity index is 226. The van der Waals surface area contributed by atoms with Gasteiger partial charge in [-0.1, -0.05) is 32.6 Å². The summed E-state index contributed by atoms with van der Waals surface area (Å²) in [5, 5.41) is 6.34. The highest BCUT2D eigenvalue weighted by atomic mass is 16.2. The lowest BCUT2D eigenvalue weighted by molar-refractivity contribution is -0.121. The molecule has 0 aromatic heterocycles. The van der Waals surface area contributed by atoms with Gasteiger partial charge in [0.15, 0.2) is 0 Å². The number of hydrogen-bond donors (Lipinski definition) is 2. The smallest absolute Gasteiger partial charge is 0.237 e. The van der Waals surface area contributed by atoms with Crippen LogP contribution in [0.3, 0.4) is 0 Å². The summed E-state index contributed by atoms with van der Waals surface area (Å²) < 4.78 is 0. The second-order valence-electron chi connectivity index (χ2n) is 5.47. The lowest BCUT2D eigenvalue weighted by atomic mass is 9.95. The van der Waals surface area contributed by atoms with Gasteiger partial charge >= 0.3 is 0 Å². The summed E-state index contributed by atoms with van der Waals surface area (Å²) in [6.07, 6.45) is 7.23. The van der Waals surface area contributed by atoms with Gasteiger partial charge in [0.2, 0.25) is 5.91 Å². The van der Waals surface area contributed by atoms with Crippen LogP contribution in [0.25, 0.3) is 0 Å². The van der Waals surface area contributed by atoms with E-state index in [9.17, 15) is 4.79 Å². The van der Waals surface area contributed by atoms with E-state index in [1.54, 1.807) is 0 Å². The normalized spacial score (nSPS) is 21.2. The molecule has 0 aromatic rings. The third-order valence-corrected chi connectivity index (χ3v) is 3.27. The third kappa shape index (κ3) is 4.52. The van der Waals surface area contributed by atoms with E-state index < -0.39 is 0 Å². The molecule has 1 rings (SSSR count). The summed E-state index contributed by atoms with van der Waals surface area (Å²) in [6, 6.07) is 0.0289. The van der Waals surface area contributed by atoms with Crippen LogP contribution in [0, 0.1) is 0 Å². The van der Waals surface area contributed by atoms with Crippen molar-refractivity contribution >= 4 is 5.91 Å². The van der Waals surface area contributed by atoms with Gasteiger partial charge in [0.05, 0.1) is 6.04 Å². The molecule has 1 saturated heterocycles. The standard InChI is InChI=1S/C13H26N2O/c1-4-5-6-7-9-13(2,3)15-11-8-10-14-12(11)16/h11,15H,4-10H2,1-3H3,(H,14,16). The molecular formula is C13H26N2O. The molecular weight excluding hydrogens is 200 g/mol. The summed E-state index contributed by atoms with van der Waals surface area (Å²) in [4.78, 5) is 11.5. The second-order valence-corrected chi connectivity index (χ2v) is 5.47. The maximum Gasteiger partial charge on any atom is 0.237 e. The molecule has 1 heterocycles. The predicted octanol–water partition coefficient (Wildman–Crippen LogP) is 2.21. The average molecular weight is 226 g/mol. The number of unbranched alkanes of at least 4 members (excludes halogenated alkanes) is 3. The fourth-order valence-electron chi connectivity index (χ4n) is 2.27. The fourth-order valence-corrected chi connectivity index (χ4v) is 2.27. The van der Waals surface area contributed by atoms with E-state index in [2.05, 4.69) is 31.4 Å². The Hall–Kier alpha value is -0.570. The van der Waals surface area contributed by atoms with Crippen LogP contribution in [0.4, 0.5) is 0 Å². The van der Waals surface area contributed by atoms with Gasteiger partial charge in [-0.25, -0.2) is 0 Å². The van der Waals surface area contributed by atoms with Gasteiger partial charge in [-0.3, -0.25) is 4.79 Å². The van der Waals surface area contributed by atoms with Crippen LogP contribution in [0.2, 0.25) is 0 Å². The minimum absolute atomic E-state index is 0.0289. The molecule has 0 saturated carbocycles. The van der Waals surface area contributed by atoms with E-state index in [0.717, 1.165) is 19.4 Å². The molecule has 0 aromatic carbocycles. The van der Waals surface area contributed by atoms with Crippen LogP contribution in [0.1, 0.15) is 59.3 Å². The molecule has 1 unspecified atom stereocenters. The Morgan fingerprint density at radius 1 is 1.38 bits per heavy atom. The van der Waals surface area contributed by atoms with Gasteiger partial charge in [0.1, 0.15) is 0 Å². The third-order valence-electron chi connectivity index (χ3n) is 3.27. The Kier molecular flexibility index (Phi) is 5.26. The first kappa shape index (κ1) is 13.5. The molecule has 3 nitrogen and oxygen atoms in total. The number of amides is 1. The number of hydrogen-bond acceptors (Lipinski definition) is 2. The van der Waals surface area contributed by atoms with Crippen molar-refractivity contribution < 1.29 is 4.79 Å². The van der Waals surface area contributed by atoms with Crippen LogP contribution < -0.4 is 10.6 Å². The quantitative estimate of drug-likeness (QED) is 0.654. The van der Waals surface area contributed by atoms with Crippen molar-refractivity contribution in [2.24, 2.45) is 0 Å². The van der Waals surface area contributed by atoms with Gasteiger partial charge in [-0.05, 0) is 26.7 Å². The highest BCUT2D eigenvalue weighted by Gasteiger charge is 2.29. The first-order valence-electron chi connectivity index (χ1n) is 6.60. The van der Waals surface area contributed by atoms with Crippen molar-refractivity contribution in [1.29, 1.82) is 0 Å². The maximum absolute atomic E-state index is 11.5. The highest BCUT2D eigenvalue weighted by molar-refractivity contribution is 5.83. The molecule has 94 valence electrons. The van der Waals surface area contributed by atoms with Crippen molar-refractivity contribution in [3.63, 3.8) is 0 Å². The molecule has 1 aliphatic rings. The highest BCUT2D eigenvalue weighted by Crippen LogP contribution is 2.17. The zero-order valence-corrected chi connectivity index (χ0v) is 10.9. The number of rotatable bonds is 7. The topological polar surface area (TPSA) is 41.1 Å². The summed E-state index contributed by atoms with van der Waals surface area (Å²) in [5.74, 6) is 0.168. The van der Waals surface area contributed by atoms with Crippen molar-refractivity contribution in [2.75, 3.05) is 6.54 Å². The molecule has 0 bridgehead atoms. The van der Waals surface area contributed by atoms with Gasteiger partial charge in [-0.2, -0.15) is 0 Å². The van der Waals surface area contributed by atoms with Gasteiger partial charge in [-0.15, -0.1) is 0 Å². The van der Waals surface area contributed by atoms with E-state index in [4.69, 9.17) is 0 Å². The molecule has 1 atom stereocenters. The SMILES string of the molecule is CCCCCCC(C)(C)NC1CCNC1=O. The summed E-state index contributed by atoms with van der Waals surface area (Å²) in [5.41, 5.74) is 0.0834. The average Bonchev–Trinajstić information content (AvgIpc) is 2.59. The van der Waals surface area contributed by atoms with E-state index in [0.29, 0.717) is 0 Å². The van der Waals surface area contributed by atoms with Crippen molar-refractivity contribution in [3.8, 4) is 0 Å². The van der Waals surface area contributed by atoms with Crippen LogP contribution >= 0.6 is 0 Å². The molecule has 0 aliphatic carbocycles. The van der Waals surface area contributed by atoms with Gasteiger partial charge < -0.3 is 10.6 Å². The number of carbonyl (C=O) groups is 1. The van der Waals surface area contributed by atoms with Crippen molar-refractivity contribution in [2.45, 2.75) is 70.9 Å². The lowest BCUT2D eigenvalue weighted by Crippen LogP contribution is -2.48. The second kappa shape index (κ2) is 6.24. The monoisotopic (exact) mass is 226 g/mol. The van der Waals surface area contributed by atoms with Crippen LogP contribution in [-0.4, -0.2) is 24.0 Å². The maximum atomic E-state index is 11.5. The fraction of sp³-hybridized carbons (Fsp3) is 0.923. The van der Waals surface area contributed by atoms with E-state index in [-0.39, 0.29) is 17.5 Å². The Balaban J connectivity index is 2.24. The zero-order valence-electron chi connectivity index (χ0n) is 10.9. The van der Waals surface area contributed by atoms with Crippen molar-refractivity contribution in [1.82, 2.24) is 10.6 Å². The van der Waals surface area contributed by atoms with Crippen molar-refractivity contribution in [3.05, 3.63) is 0 Å². The molecule has 1 fully saturated rings. The molecule has 0 radical (unpaired) electrons.